The van der Waals surface area contributed by atoms with Crippen molar-refractivity contribution in [3.63, 3.8) is 0 Å². The van der Waals surface area contributed by atoms with E-state index in [1.165, 1.54) is 0 Å². The minimum absolute atomic E-state index is 0.222. The minimum atomic E-state index is -0.424. The molecule has 1 aliphatic heterocycles. The summed E-state index contributed by atoms with van der Waals surface area (Å²) in [5.74, 6) is 1.38. The largest absolute Gasteiger partial charge is 0.374 e. The molecular weight excluding hydrogens is 300 g/mol. The van der Waals surface area contributed by atoms with Gasteiger partial charge in [-0.3, -0.25) is 4.79 Å². The van der Waals surface area contributed by atoms with Crippen molar-refractivity contribution >= 4 is 5.91 Å². The van der Waals surface area contributed by atoms with Crippen LogP contribution in [0.25, 0.3) is 0 Å². The van der Waals surface area contributed by atoms with Crippen LogP contribution in [0.4, 0.5) is 0 Å². The smallest absolute Gasteiger partial charge is 0.293 e. The molecule has 8 heteroatoms. The van der Waals surface area contributed by atoms with Gasteiger partial charge in [0.05, 0.1) is 18.4 Å². The lowest BCUT2D eigenvalue weighted by Crippen LogP contribution is -2.47. The first kappa shape index (κ1) is 14.4. The molecule has 8 nitrogen and oxygen atoms in total. The Morgan fingerprint density at radius 2 is 2.13 bits per heavy atom. The number of carbonyl (C=O) groups excluding carboxylic acids is 1. The van der Waals surface area contributed by atoms with E-state index in [-0.39, 0.29) is 17.8 Å². The second-order valence-electron chi connectivity index (χ2n) is 6.09. The molecule has 0 aromatic carbocycles. The molecule has 2 aromatic rings. The highest BCUT2D eigenvalue weighted by Gasteiger charge is 2.39. The SMILES string of the molecule is Cc1noc([C@@H]2[C@@H](C)OCCN2C(=O)c2cc(C3CC3)no2)n1. The van der Waals surface area contributed by atoms with E-state index in [4.69, 9.17) is 13.8 Å². The number of hydrogen-bond acceptors (Lipinski definition) is 7. The van der Waals surface area contributed by atoms with Gasteiger partial charge in [0, 0.05) is 18.5 Å². The number of carbonyl (C=O) groups is 1. The molecule has 1 saturated heterocycles. The summed E-state index contributed by atoms with van der Waals surface area (Å²) in [7, 11) is 0. The van der Waals surface area contributed by atoms with Crippen molar-refractivity contribution in [1.29, 1.82) is 0 Å². The van der Waals surface area contributed by atoms with Gasteiger partial charge in [-0.2, -0.15) is 4.98 Å². The van der Waals surface area contributed by atoms with E-state index < -0.39 is 6.04 Å². The van der Waals surface area contributed by atoms with E-state index in [2.05, 4.69) is 15.3 Å². The Hall–Kier alpha value is -2.22. The van der Waals surface area contributed by atoms with E-state index in [1.54, 1.807) is 17.9 Å². The standard InChI is InChI=1S/C15H18N4O4/c1-8-13(14-16-9(2)17-23-14)19(5-6-21-8)15(20)12-7-11(18-22-12)10-3-4-10/h7-8,10,13H,3-6H2,1-2H3/t8-,13+/m1/s1. The average Bonchev–Trinajstić information content (AvgIpc) is 3.11. The van der Waals surface area contributed by atoms with Crippen LogP contribution in [0.5, 0.6) is 0 Å². The molecule has 2 aliphatic rings. The van der Waals surface area contributed by atoms with Crippen LogP contribution in [0.3, 0.4) is 0 Å². The number of rotatable bonds is 3. The lowest BCUT2D eigenvalue weighted by atomic mass is 10.1. The summed E-state index contributed by atoms with van der Waals surface area (Å²) >= 11 is 0. The second kappa shape index (κ2) is 5.45. The van der Waals surface area contributed by atoms with E-state index >= 15 is 0 Å². The van der Waals surface area contributed by atoms with Crippen LogP contribution in [-0.4, -0.2) is 45.4 Å². The van der Waals surface area contributed by atoms with E-state index in [9.17, 15) is 4.79 Å². The maximum Gasteiger partial charge on any atom is 0.293 e. The molecule has 4 rings (SSSR count). The normalized spacial score (nSPS) is 24.9. The lowest BCUT2D eigenvalue weighted by molar-refractivity contribution is -0.0610. The molecule has 1 saturated carbocycles. The molecule has 2 atom stereocenters. The molecule has 23 heavy (non-hydrogen) atoms. The fraction of sp³-hybridized carbons (Fsp3) is 0.600. The molecule has 3 heterocycles. The Kier molecular flexibility index (Phi) is 3.41. The Balaban J connectivity index is 1.62. The van der Waals surface area contributed by atoms with Crippen molar-refractivity contribution in [3.05, 3.63) is 29.2 Å². The fourth-order valence-corrected chi connectivity index (χ4v) is 2.92. The topological polar surface area (TPSA) is 94.5 Å². The average molecular weight is 318 g/mol. The molecule has 0 spiro atoms. The zero-order valence-corrected chi connectivity index (χ0v) is 13.1. The molecule has 2 aromatic heterocycles. The molecule has 0 unspecified atom stereocenters. The van der Waals surface area contributed by atoms with Crippen LogP contribution in [0.2, 0.25) is 0 Å². The maximum absolute atomic E-state index is 12.8. The van der Waals surface area contributed by atoms with Crippen molar-refractivity contribution in [2.24, 2.45) is 0 Å². The molecule has 2 fully saturated rings. The summed E-state index contributed by atoms with van der Waals surface area (Å²) in [6, 6.07) is 1.32. The van der Waals surface area contributed by atoms with Crippen LogP contribution in [-0.2, 0) is 4.74 Å². The van der Waals surface area contributed by atoms with Gasteiger partial charge in [-0.15, -0.1) is 0 Å². The summed E-state index contributed by atoms with van der Waals surface area (Å²) in [4.78, 5) is 18.8. The lowest BCUT2D eigenvalue weighted by Gasteiger charge is -2.36. The van der Waals surface area contributed by atoms with Crippen molar-refractivity contribution in [2.45, 2.75) is 44.8 Å². The third kappa shape index (κ3) is 2.63. The highest BCUT2D eigenvalue weighted by Crippen LogP contribution is 2.39. The van der Waals surface area contributed by atoms with Gasteiger partial charge in [0.1, 0.15) is 6.04 Å². The third-order valence-electron chi connectivity index (χ3n) is 4.29. The van der Waals surface area contributed by atoms with Gasteiger partial charge >= 0.3 is 0 Å². The monoisotopic (exact) mass is 318 g/mol. The molecule has 0 bridgehead atoms. The highest BCUT2D eigenvalue weighted by atomic mass is 16.5. The van der Waals surface area contributed by atoms with Gasteiger partial charge < -0.3 is 18.7 Å². The number of morpholine rings is 1. The summed E-state index contributed by atoms with van der Waals surface area (Å²) in [5.41, 5.74) is 0.861. The van der Waals surface area contributed by atoms with Crippen molar-refractivity contribution in [2.75, 3.05) is 13.2 Å². The maximum atomic E-state index is 12.8. The van der Waals surface area contributed by atoms with Gasteiger partial charge in [0.2, 0.25) is 5.76 Å². The summed E-state index contributed by atoms with van der Waals surface area (Å²) in [6.45, 7) is 4.53. The first-order chi connectivity index (χ1) is 11.1. The Bertz CT molecular complexity index is 721. The van der Waals surface area contributed by atoms with Gasteiger partial charge in [-0.1, -0.05) is 10.3 Å². The zero-order valence-electron chi connectivity index (χ0n) is 13.1. The van der Waals surface area contributed by atoms with Crippen LogP contribution < -0.4 is 0 Å². The van der Waals surface area contributed by atoms with Crippen LogP contribution in [0.15, 0.2) is 15.1 Å². The van der Waals surface area contributed by atoms with Gasteiger partial charge in [0.25, 0.3) is 11.8 Å². The van der Waals surface area contributed by atoms with Gasteiger partial charge in [0.15, 0.2) is 5.82 Å². The first-order valence-electron chi connectivity index (χ1n) is 7.83. The molecule has 1 aliphatic carbocycles. The minimum Gasteiger partial charge on any atom is -0.374 e. The summed E-state index contributed by atoms with van der Waals surface area (Å²) in [6.07, 6.45) is 1.98. The van der Waals surface area contributed by atoms with E-state index in [0.717, 1.165) is 18.5 Å². The number of nitrogens with zero attached hydrogens (tertiary/aromatic N) is 4. The fourth-order valence-electron chi connectivity index (χ4n) is 2.92. The Labute approximate surface area is 132 Å². The quantitative estimate of drug-likeness (QED) is 0.852. The molecule has 0 radical (unpaired) electrons. The third-order valence-corrected chi connectivity index (χ3v) is 4.29. The van der Waals surface area contributed by atoms with Gasteiger partial charge in [-0.05, 0) is 26.7 Å². The number of ether oxygens (including phenoxy) is 1. The molecule has 1 amide bonds. The Morgan fingerprint density at radius 3 is 2.83 bits per heavy atom. The number of hydrogen-bond donors (Lipinski definition) is 0. The van der Waals surface area contributed by atoms with Crippen molar-refractivity contribution < 1.29 is 18.6 Å². The van der Waals surface area contributed by atoms with Gasteiger partial charge in [-0.25, -0.2) is 0 Å². The summed E-state index contributed by atoms with van der Waals surface area (Å²) < 4.78 is 16.2. The second-order valence-corrected chi connectivity index (χ2v) is 6.09. The van der Waals surface area contributed by atoms with Crippen LogP contribution >= 0.6 is 0 Å². The van der Waals surface area contributed by atoms with Crippen molar-refractivity contribution in [3.8, 4) is 0 Å². The summed E-state index contributed by atoms with van der Waals surface area (Å²) in [5, 5.41) is 7.82. The van der Waals surface area contributed by atoms with Crippen LogP contribution in [0, 0.1) is 6.92 Å². The predicted octanol–water partition coefficient (Wildman–Crippen LogP) is 1.85. The number of aromatic nitrogens is 3. The zero-order chi connectivity index (χ0) is 16.0. The molecular formula is C15H18N4O4. The number of amides is 1. The predicted molar refractivity (Wildman–Crippen MR) is 76.7 cm³/mol. The molecule has 122 valence electrons. The highest BCUT2D eigenvalue weighted by molar-refractivity contribution is 5.91. The van der Waals surface area contributed by atoms with E-state index in [1.807, 2.05) is 6.92 Å². The van der Waals surface area contributed by atoms with Crippen molar-refractivity contribution in [1.82, 2.24) is 20.2 Å². The Morgan fingerprint density at radius 1 is 1.30 bits per heavy atom. The molecule has 0 N–H and O–H groups in total. The van der Waals surface area contributed by atoms with E-state index in [0.29, 0.717) is 30.8 Å². The number of aryl methyl sites for hydroxylation is 1. The first-order valence-corrected chi connectivity index (χ1v) is 7.83. The van der Waals surface area contributed by atoms with Crippen LogP contribution in [0.1, 0.15) is 59.7 Å².